The van der Waals surface area contributed by atoms with E-state index in [1.807, 2.05) is 6.92 Å². The summed E-state index contributed by atoms with van der Waals surface area (Å²) in [7, 11) is 0. The van der Waals surface area contributed by atoms with Gasteiger partial charge in [0.2, 0.25) is 0 Å². The maximum atomic E-state index is 13.9. The number of aryl methyl sites for hydroxylation is 1. The minimum absolute atomic E-state index is 0.130. The van der Waals surface area contributed by atoms with Crippen LogP contribution in [0.1, 0.15) is 51.2 Å². The number of para-hydroxylation sites is 1. The summed E-state index contributed by atoms with van der Waals surface area (Å²) in [5, 5.41) is 4.07. The number of carbonyl (C=O) groups excluding carboxylic acids is 1. The average molecular weight is 346 g/mol. The van der Waals surface area contributed by atoms with Gasteiger partial charge in [0, 0.05) is 18.4 Å². The second-order valence-electron chi connectivity index (χ2n) is 6.49. The first-order valence-corrected chi connectivity index (χ1v) is 9.12. The number of hydrogen-bond donors (Lipinski definition) is 1. The molecular formula is C18H19FN2O2S. The Hall–Kier alpha value is -1.95. The molecule has 126 valence electrons. The number of thiazole rings is 1. The molecular weight excluding hydrogens is 327 g/mol. The van der Waals surface area contributed by atoms with Crippen LogP contribution in [0.2, 0.25) is 0 Å². The fourth-order valence-electron chi connectivity index (χ4n) is 3.08. The zero-order chi connectivity index (χ0) is 16.7. The number of ether oxygens (including phenoxy) is 1. The van der Waals surface area contributed by atoms with E-state index < -0.39 is 0 Å². The second-order valence-corrected chi connectivity index (χ2v) is 7.57. The summed E-state index contributed by atoms with van der Waals surface area (Å²) in [4.78, 5) is 17.9. The third-order valence-electron chi connectivity index (χ3n) is 4.54. The zero-order valence-electron chi connectivity index (χ0n) is 13.5. The Labute approximate surface area is 144 Å². The highest BCUT2D eigenvalue weighted by atomic mass is 32.1. The third-order valence-corrected chi connectivity index (χ3v) is 5.72. The average Bonchev–Trinajstić information content (AvgIpc) is 3.29. The normalized spacial score (nSPS) is 19.5. The monoisotopic (exact) mass is 346 g/mol. The molecule has 0 spiro atoms. The van der Waals surface area contributed by atoms with E-state index >= 15 is 0 Å². The summed E-state index contributed by atoms with van der Waals surface area (Å²) in [6, 6.07) is 4.60. The number of aromatic nitrogens is 1. The van der Waals surface area contributed by atoms with Crippen LogP contribution >= 0.6 is 11.3 Å². The number of benzene rings is 1. The largest absolute Gasteiger partial charge is 0.490 e. The van der Waals surface area contributed by atoms with Crippen molar-refractivity contribution in [1.29, 1.82) is 0 Å². The first-order chi connectivity index (χ1) is 11.6. The zero-order valence-corrected chi connectivity index (χ0v) is 14.3. The number of halogens is 1. The van der Waals surface area contributed by atoms with Crippen molar-refractivity contribution in [2.45, 2.75) is 38.6 Å². The summed E-state index contributed by atoms with van der Waals surface area (Å²) >= 11 is 1.48. The molecule has 1 aliphatic carbocycles. The number of hydrogen-bond acceptors (Lipinski definition) is 4. The van der Waals surface area contributed by atoms with E-state index in [4.69, 9.17) is 4.74 Å². The SMILES string of the molecule is Cc1nc(CC2CC2)sc1C(=O)N[C@@H]1CCOc2c(F)cccc21. The minimum Gasteiger partial charge on any atom is -0.490 e. The molecule has 0 radical (unpaired) electrons. The Morgan fingerprint density at radius 3 is 3.04 bits per heavy atom. The molecule has 1 amide bonds. The minimum atomic E-state index is -0.382. The topological polar surface area (TPSA) is 51.2 Å². The van der Waals surface area contributed by atoms with E-state index in [2.05, 4.69) is 10.3 Å². The third kappa shape index (κ3) is 3.02. The van der Waals surface area contributed by atoms with Gasteiger partial charge in [-0.3, -0.25) is 4.79 Å². The molecule has 0 unspecified atom stereocenters. The van der Waals surface area contributed by atoms with Crippen LogP contribution in [0.4, 0.5) is 4.39 Å². The van der Waals surface area contributed by atoms with Crippen molar-refractivity contribution in [3.63, 3.8) is 0 Å². The summed E-state index contributed by atoms with van der Waals surface area (Å²) in [6.07, 6.45) is 4.15. The van der Waals surface area contributed by atoms with Crippen molar-refractivity contribution >= 4 is 17.2 Å². The lowest BCUT2D eigenvalue weighted by Crippen LogP contribution is -2.32. The fourth-order valence-corrected chi connectivity index (χ4v) is 4.16. The maximum Gasteiger partial charge on any atom is 0.263 e. The van der Waals surface area contributed by atoms with Gasteiger partial charge in [-0.1, -0.05) is 12.1 Å². The van der Waals surface area contributed by atoms with E-state index in [9.17, 15) is 9.18 Å². The Morgan fingerprint density at radius 2 is 2.25 bits per heavy atom. The molecule has 24 heavy (non-hydrogen) atoms. The highest BCUT2D eigenvalue weighted by molar-refractivity contribution is 7.13. The number of nitrogens with one attached hydrogen (secondary N) is 1. The van der Waals surface area contributed by atoms with E-state index in [1.165, 1.54) is 30.2 Å². The Kier molecular flexibility index (Phi) is 4.00. The van der Waals surface area contributed by atoms with Crippen LogP contribution in [0, 0.1) is 18.7 Å². The van der Waals surface area contributed by atoms with Crippen LogP contribution in [-0.2, 0) is 6.42 Å². The van der Waals surface area contributed by atoms with Gasteiger partial charge in [0.15, 0.2) is 11.6 Å². The first kappa shape index (κ1) is 15.6. The number of amides is 1. The van der Waals surface area contributed by atoms with Crippen molar-refractivity contribution < 1.29 is 13.9 Å². The van der Waals surface area contributed by atoms with Gasteiger partial charge in [-0.25, -0.2) is 9.37 Å². The van der Waals surface area contributed by atoms with Crippen LogP contribution in [0.15, 0.2) is 18.2 Å². The fraction of sp³-hybridized carbons (Fsp3) is 0.444. The number of carbonyl (C=O) groups is 1. The molecule has 1 saturated carbocycles. The quantitative estimate of drug-likeness (QED) is 0.916. The van der Waals surface area contributed by atoms with Crippen LogP contribution < -0.4 is 10.1 Å². The molecule has 1 N–H and O–H groups in total. The Balaban J connectivity index is 1.53. The Morgan fingerprint density at radius 1 is 1.42 bits per heavy atom. The van der Waals surface area contributed by atoms with Crippen LogP contribution in [0.5, 0.6) is 5.75 Å². The molecule has 0 bridgehead atoms. The van der Waals surface area contributed by atoms with Gasteiger partial charge in [0.25, 0.3) is 5.91 Å². The molecule has 4 nitrogen and oxygen atoms in total. The standard InChI is InChI=1S/C18H19FN2O2S/c1-10-17(24-15(20-10)9-11-5-6-11)18(22)21-14-7-8-23-16-12(14)3-2-4-13(16)19/h2-4,11,14H,5-9H2,1H3,(H,21,22)/t14-/m1/s1. The first-order valence-electron chi connectivity index (χ1n) is 8.30. The van der Waals surface area contributed by atoms with Gasteiger partial charge in [0.05, 0.1) is 23.4 Å². The smallest absolute Gasteiger partial charge is 0.263 e. The molecule has 1 fully saturated rings. The van der Waals surface area contributed by atoms with E-state index in [0.29, 0.717) is 23.5 Å². The van der Waals surface area contributed by atoms with Gasteiger partial charge in [0.1, 0.15) is 4.88 Å². The summed E-state index contributed by atoms with van der Waals surface area (Å²) in [5.41, 5.74) is 1.48. The summed E-state index contributed by atoms with van der Waals surface area (Å²) in [5.74, 6) is 0.489. The second kappa shape index (κ2) is 6.16. The number of fused-ring (bicyclic) bond motifs is 1. The van der Waals surface area contributed by atoms with Crippen LogP contribution in [0.25, 0.3) is 0 Å². The van der Waals surface area contributed by atoms with Gasteiger partial charge >= 0.3 is 0 Å². The predicted octanol–water partition coefficient (Wildman–Crippen LogP) is 3.80. The summed E-state index contributed by atoms with van der Waals surface area (Å²) in [6.45, 7) is 2.27. The van der Waals surface area contributed by atoms with Gasteiger partial charge < -0.3 is 10.1 Å². The van der Waals surface area contributed by atoms with Crippen molar-refractivity contribution in [3.05, 3.63) is 45.2 Å². The van der Waals surface area contributed by atoms with Crippen molar-refractivity contribution in [1.82, 2.24) is 10.3 Å². The lowest BCUT2D eigenvalue weighted by atomic mass is 10.00. The number of nitrogens with zero attached hydrogens (tertiary/aromatic N) is 1. The lowest BCUT2D eigenvalue weighted by Gasteiger charge is -2.26. The molecule has 2 aliphatic rings. The highest BCUT2D eigenvalue weighted by Gasteiger charge is 2.28. The molecule has 2 heterocycles. The molecule has 2 aromatic rings. The predicted molar refractivity (Wildman–Crippen MR) is 90.0 cm³/mol. The molecule has 0 saturated heterocycles. The van der Waals surface area contributed by atoms with Crippen molar-refractivity contribution in [3.8, 4) is 5.75 Å². The molecule has 1 aromatic heterocycles. The van der Waals surface area contributed by atoms with Crippen molar-refractivity contribution in [2.24, 2.45) is 5.92 Å². The lowest BCUT2D eigenvalue weighted by molar-refractivity contribution is 0.0927. The van der Waals surface area contributed by atoms with Crippen LogP contribution in [-0.4, -0.2) is 17.5 Å². The Bertz CT molecular complexity index is 785. The number of rotatable bonds is 4. The molecule has 4 rings (SSSR count). The van der Waals surface area contributed by atoms with Gasteiger partial charge in [-0.05, 0) is 31.7 Å². The van der Waals surface area contributed by atoms with E-state index in [1.54, 1.807) is 12.1 Å². The highest BCUT2D eigenvalue weighted by Crippen LogP contribution is 2.36. The van der Waals surface area contributed by atoms with Crippen LogP contribution in [0.3, 0.4) is 0 Å². The molecule has 1 atom stereocenters. The molecule has 1 aromatic carbocycles. The van der Waals surface area contributed by atoms with Crippen molar-refractivity contribution in [2.75, 3.05) is 6.61 Å². The summed E-state index contributed by atoms with van der Waals surface area (Å²) < 4.78 is 19.3. The molecule has 6 heteroatoms. The van der Waals surface area contributed by atoms with E-state index in [-0.39, 0.29) is 23.5 Å². The van der Waals surface area contributed by atoms with E-state index in [0.717, 1.165) is 23.0 Å². The molecule has 1 aliphatic heterocycles. The van der Waals surface area contributed by atoms with Gasteiger partial charge in [-0.2, -0.15) is 0 Å². The maximum absolute atomic E-state index is 13.9. The van der Waals surface area contributed by atoms with Gasteiger partial charge in [-0.15, -0.1) is 11.3 Å².